The number of carbonyl (C=O) groups is 1. The average molecular weight is 484 g/mol. The number of para-hydroxylation sites is 1. The van der Waals surface area contributed by atoms with Crippen LogP contribution < -0.4 is 4.72 Å². The average Bonchev–Trinajstić information content (AvgIpc) is 2.99. The molecule has 1 heterocycles. The monoisotopic (exact) mass is 483 g/mol. The molecule has 1 fully saturated rings. The summed E-state index contributed by atoms with van der Waals surface area (Å²) in [4.78, 5) is 16.7. The van der Waals surface area contributed by atoms with Gasteiger partial charge in [0.25, 0.3) is 15.9 Å². The molecule has 1 amide bonds. The van der Waals surface area contributed by atoms with Gasteiger partial charge in [0.15, 0.2) is 0 Å². The van der Waals surface area contributed by atoms with Crippen molar-refractivity contribution in [3.63, 3.8) is 0 Å². The Hall–Kier alpha value is -2.59. The van der Waals surface area contributed by atoms with E-state index in [9.17, 15) is 26.4 Å². The standard InChI is InChI=1S/C23H28F3N3O3S/c1-22(2,3)29-13-7-12-28(14-15-29)21(30)19-10-4-5-11-20(19)27-33(31,32)18-9-6-8-17(16-18)23(24,25)26/h4-6,8-11,16,27H,7,12-15H2,1-3H3. The van der Waals surface area contributed by atoms with Gasteiger partial charge >= 0.3 is 6.18 Å². The molecule has 1 N–H and O–H groups in total. The van der Waals surface area contributed by atoms with Crippen LogP contribution in [0.3, 0.4) is 0 Å². The first-order chi connectivity index (χ1) is 15.3. The Morgan fingerprint density at radius 1 is 0.939 bits per heavy atom. The molecule has 180 valence electrons. The number of benzene rings is 2. The molecule has 3 rings (SSSR count). The highest BCUT2D eigenvalue weighted by Crippen LogP contribution is 2.31. The molecular weight excluding hydrogens is 455 g/mol. The molecule has 2 aromatic carbocycles. The quantitative estimate of drug-likeness (QED) is 0.698. The van der Waals surface area contributed by atoms with Crippen molar-refractivity contribution in [3.8, 4) is 0 Å². The third-order valence-corrected chi connectivity index (χ3v) is 6.97. The van der Waals surface area contributed by atoms with Gasteiger partial charge in [-0.05, 0) is 57.5 Å². The van der Waals surface area contributed by atoms with Gasteiger partial charge in [-0.15, -0.1) is 0 Å². The predicted octanol–water partition coefficient (Wildman–Crippen LogP) is 4.45. The summed E-state index contributed by atoms with van der Waals surface area (Å²) in [6.45, 7) is 8.89. The van der Waals surface area contributed by atoms with Crippen molar-refractivity contribution in [2.75, 3.05) is 30.9 Å². The number of rotatable bonds is 4. The lowest BCUT2D eigenvalue weighted by molar-refractivity contribution is -0.137. The summed E-state index contributed by atoms with van der Waals surface area (Å²) in [7, 11) is -4.35. The SMILES string of the molecule is CC(C)(C)N1CCCN(C(=O)c2ccccc2NS(=O)(=O)c2cccc(C(F)(F)F)c2)CC1. The number of nitrogens with one attached hydrogen (secondary N) is 1. The van der Waals surface area contributed by atoms with Crippen LogP contribution in [-0.2, 0) is 16.2 Å². The number of nitrogens with zero attached hydrogens (tertiary/aromatic N) is 2. The topological polar surface area (TPSA) is 69.7 Å². The summed E-state index contributed by atoms with van der Waals surface area (Å²) >= 11 is 0. The minimum atomic E-state index is -4.67. The van der Waals surface area contributed by atoms with Crippen LogP contribution in [0.15, 0.2) is 53.4 Å². The molecule has 33 heavy (non-hydrogen) atoms. The highest BCUT2D eigenvalue weighted by Gasteiger charge is 2.32. The molecule has 1 aliphatic heterocycles. The van der Waals surface area contributed by atoms with Crippen molar-refractivity contribution < 1.29 is 26.4 Å². The summed E-state index contributed by atoms with van der Waals surface area (Å²) < 4.78 is 67.0. The molecule has 1 saturated heterocycles. The van der Waals surface area contributed by atoms with Crippen LogP contribution in [-0.4, -0.2) is 55.8 Å². The number of sulfonamides is 1. The zero-order valence-electron chi connectivity index (χ0n) is 18.8. The van der Waals surface area contributed by atoms with Crippen molar-refractivity contribution in [1.29, 1.82) is 0 Å². The summed E-state index contributed by atoms with van der Waals surface area (Å²) in [6.07, 6.45) is -3.89. The number of amides is 1. The minimum absolute atomic E-state index is 0.0248. The predicted molar refractivity (Wildman–Crippen MR) is 121 cm³/mol. The molecule has 6 nitrogen and oxygen atoms in total. The Bertz CT molecular complexity index is 1110. The molecule has 0 aromatic heterocycles. The van der Waals surface area contributed by atoms with Gasteiger partial charge in [-0.25, -0.2) is 8.42 Å². The normalized spacial score (nSPS) is 16.4. The van der Waals surface area contributed by atoms with E-state index >= 15 is 0 Å². The fraction of sp³-hybridized carbons (Fsp3) is 0.435. The van der Waals surface area contributed by atoms with Crippen molar-refractivity contribution in [2.24, 2.45) is 0 Å². The summed E-state index contributed by atoms with van der Waals surface area (Å²) in [6, 6.07) is 9.61. The first-order valence-electron chi connectivity index (χ1n) is 10.6. The lowest BCUT2D eigenvalue weighted by atomic mass is 10.1. The fourth-order valence-corrected chi connectivity index (χ4v) is 4.89. The Kier molecular flexibility index (Phi) is 7.09. The molecular formula is C23H28F3N3O3S. The van der Waals surface area contributed by atoms with Gasteiger partial charge in [0, 0.05) is 31.7 Å². The fourth-order valence-electron chi connectivity index (χ4n) is 3.76. The molecule has 0 radical (unpaired) electrons. The zero-order chi connectivity index (χ0) is 24.4. The molecule has 0 bridgehead atoms. The van der Waals surface area contributed by atoms with Crippen molar-refractivity contribution in [2.45, 2.75) is 43.8 Å². The van der Waals surface area contributed by atoms with Crippen molar-refractivity contribution >= 4 is 21.6 Å². The number of hydrogen-bond acceptors (Lipinski definition) is 4. The van der Waals surface area contributed by atoms with E-state index in [1.165, 1.54) is 12.1 Å². The van der Waals surface area contributed by atoms with E-state index in [0.29, 0.717) is 25.7 Å². The Balaban J connectivity index is 1.84. The lowest BCUT2D eigenvalue weighted by Gasteiger charge is -2.34. The van der Waals surface area contributed by atoms with Gasteiger partial charge in [-0.1, -0.05) is 18.2 Å². The van der Waals surface area contributed by atoms with Gasteiger partial charge in [0.2, 0.25) is 0 Å². The van der Waals surface area contributed by atoms with Crippen LogP contribution in [0, 0.1) is 0 Å². The maximum Gasteiger partial charge on any atom is 0.416 e. The van der Waals surface area contributed by atoms with Crippen LogP contribution in [0.2, 0.25) is 0 Å². The van der Waals surface area contributed by atoms with Crippen LogP contribution in [0.25, 0.3) is 0 Å². The van der Waals surface area contributed by atoms with Crippen LogP contribution in [0.5, 0.6) is 0 Å². The third kappa shape index (κ3) is 6.05. The van der Waals surface area contributed by atoms with E-state index in [4.69, 9.17) is 0 Å². The maximum absolute atomic E-state index is 13.3. The highest BCUT2D eigenvalue weighted by molar-refractivity contribution is 7.92. The Labute approximate surface area is 192 Å². The number of anilines is 1. The molecule has 0 unspecified atom stereocenters. The second-order valence-electron chi connectivity index (χ2n) is 8.98. The van der Waals surface area contributed by atoms with Gasteiger partial charge in [-0.3, -0.25) is 14.4 Å². The van der Waals surface area contributed by atoms with E-state index in [1.807, 2.05) is 0 Å². The molecule has 0 atom stereocenters. The van der Waals surface area contributed by atoms with Gasteiger partial charge in [0.05, 0.1) is 21.7 Å². The zero-order valence-corrected chi connectivity index (χ0v) is 19.6. The number of alkyl halides is 3. The first-order valence-corrected chi connectivity index (χ1v) is 12.1. The van der Waals surface area contributed by atoms with E-state index in [-0.39, 0.29) is 22.7 Å². The van der Waals surface area contributed by atoms with Gasteiger partial charge < -0.3 is 4.90 Å². The highest BCUT2D eigenvalue weighted by atomic mass is 32.2. The summed E-state index contributed by atoms with van der Waals surface area (Å²) in [5, 5.41) is 0. The number of carbonyl (C=O) groups excluding carboxylic acids is 1. The molecule has 10 heteroatoms. The minimum Gasteiger partial charge on any atom is -0.337 e. The second kappa shape index (κ2) is 9.34. The molecule has 0 spiro atoms. The second-order valence-corrected chi connectivity index (χ2v) is 10.7. The van der Waals surface area contributed by atoms with Crippen molar-refractivity contribution in [3.05, 3.63) is 59.7 Å². The summed E-state index contributed by atoms with van der Waals surface area (Å²) in [5.74, 6) is -0.326. The molecule has 2 aromatic rings. The van der Waals surface area contributed by atoms with Gasteiger partial charge in [0.1, 0.15) is 0 Å². The third-order valence-electron chi connectivity index (χ3n) is 5.61. The van der Waals surface area contributed by atoms with Crippen LogP contribution >= 0.6 is 0 Å². The first kappa shape index (κ1) is 25.0. The smallest absolute Gasteiger partial charge is 0.337 e. The number of halogens is 3. The van der Waals surface area contributed by atoms with E-state index in [2.05, 4.69) is 30.4 Å². The van der Waals surface area contributed by atoms with Gasteiger partial charge in [-0.2, -0.15) is 13.2 Å². The van der Waals surface area contributed by atoms with Crippen molar-refractivity contribution in [1.82, 2.24) is 9.80 Å². The van der Waals surface area contributed by atoms with Crippen LogP contribution in [0.4, 0.5) is 18.9 Å². The molecule has 0 saturated carbocycles. The van der Waals surface area contributed by atoms with E-state index in [0.717, 1.165) is 31.2 Å². The molecule has 1 aliphatic rings. The van der Waals surface area contributed by atoms with E-state index < -0.39 is 26.7 Å². The lowest BCUT2D eigenvalue weighted by Crippen LogP contribution is -2.44. The Morgan fingerprint density at radius 2 is 1.64 bits per heavy atom. The number of hydrogen-bond donors (Lipinski definition) is 1. The largest absolute Gasteiger partial charge is 0.416 e. The van der Waals surface area contributed by atoms with Crippen LogP contribution in [0.1, 0.15) is 43.1 Å². The maximum atomic E-state index is 13.3. The molecule has 0 aliphatic carbocycles. The summed E-state index contributed by atoms with van der Waals surface area (Å²) in [5.41, 5.74) is -0.922. The Morgan fingerprint density at radius 3 is 2.30 bits per heavy atom. The van der Waals surface area contributed by atoms with E-state index in [1.54, 1.807) is 17.0 Å².